The van der Waals surface area contributed by atoms with Crippen molar-refractivity contribution in [1.29, 1.82) is 0 Å². The van der Waals surface area contributed by atoms with Gasteiger partial charge in [0.2, 0.25) is 0 Å². The molecule has 0 radical (unpaired) electrons. The van der Waals surface area contributed by atoms with Crippen LogP contribution in [0.15, 0.2) is 47.8 Å². The molecule has 7 heteroatoms. The van der Waals surface area contributed by atoms with Crippen LogP contribution >= 0.6 is 11.3 Å². The average molecular weight is 465 g/mol. The van der Waals surface area contributed by atoms with Gasteiger partial charge in [-0.25, -0.2) is 9.78 Å². The number of hydrogen-bond donors (Lipinski definition) is 0. The van der Waals surface area contributed by atoms with Crippen LogP contribution in [0.5, 0.6) is 5.75 Å². The Morgan fingerprint density at radius 2 is 2.03 bits per heavy atom. The van der Waals surface area contributed by atoms with Crippen LogP contribution < -0.4 is 9.64 Å². The first-order valence-electron chi connectivity index (χ1n) is 11.3. The zero-order chi connectivity index (χ0) is 23.4. The number of fused-ring (bicyclic) bond motifs is 1. The lowest BCUT2D eigenvalue weighted by atomic mass is 10.1. The second kappa shape index (κ2) is 10.2. The molecular weight excluding hydrogens is 436 g/mol. The molecule has 0 bridgehead atoms. The van der Waals surface area contributed by atoms with Crippen LogP contribution in [0.1, 0.15) is 54.5 Å². The Morgan fingerprint density at radius 3 is 2.82 bits per heavy atom. The molecule has 1 atom stereocenters. The number of ether oxygens (including phenoxy) is 2. The molecule has 6 nitrogen and oxygen atoms in total. The minimum absolute atomic E-state index is 0.122. The number of hydrogen-bond acceptors (Lipinski definition) is 6. The molecule has 0 aliphatic carbocycles. The summed E-state index contributed by atoms with van der Waals surface area (Å²) in [4.78, 5) is 31.8. The molecule has 2 aromatic carbocycles. The largest absolute Gasteiger partial charge is 0.479 e. The second-order valence-corrected chi connectivity index (χ2v) is 9.02. The van der Waals surface area contributed by atoms with Crippen molar-refractivity contribution < 1.29 is 19.1 Å². The molecule has 0 spiro atoms. The molecule has 1 unspecified atom stereocenters. The number of amides is 1. The maximum atomic E-state index is 13.1. The number of anilines is 1. The summed E-state index contributed by atoms with van der Waals surface area (Å²) in [5.74, 6) is 0.186. The van der Waals surface area contributed by atoms with Crippen LogP contribution in [0.3, 0.4) is 0 Å². The maximum Gasteiger partial charge on any atom is 0.338 e. The molecule has 0 saturated carbocycles. The molecule has 1 amide bonds. The van der Waals surface area contributed by atoms with Crippen molar-refractivity contribution in [3.63, 3.8) is 0 Å². The van der Waals surface area contributed by atoms with Crippen LogP contribution in [-0.4, -0.2) is 29.6 Å². The van der Waals surface area contributed by atoms with Gasteiger partial charge in [-0.1, -0.05) is 26.0 Å². The minimum atomic E-state index is -0.587. The highest BCUT2D eigenvalue weighted by atomic mass is 32.1. The molecule has 33 heavy (non-hydrogen) atoms. The zero-order valence-corrected chi connectivity index (χ0v) is 20.0. The van der Waals surface area contributed by atoms with Gasteiger partial charge in [-0.2, -0.15) is 0 Å². The third-order valence-corrected chi connectivity index (χ3v) is 6.33. The number of rotatable bonds is 8. The SMILES string of the molecule is CCCOC(=O)c1cccc(CN2C(=O)C(C)Oc3ccc(-c4csc(CCC)n4)cc32)c1. The van der Waals surface area contributed by atoms with E-state index in [4.69, 9.17) is 14.5 Å². The summed E-state index contributed by atoms with van der Waals surface area (Å²) in [6.07, 6.45) is 2.19. The van der Waals surface area contributed by atoms with Crippen molar-refractivity contribution in [2.75, 3.05) is 11.5 Å². The van der Waals surface area contributed by atoms with E-state index in [0.29, 0.717) is 30.2 Å². The van der Waals surface area contributed by atoms with Gasteiger partial charge in [-0.15, -0.1) is 11.3 Å². The lowest BCUT2D eigenvalue weighted by Gasteiger charge is -2.33. The highest BCUT2D eigenvalue weighted by Crippen LogP contribution is 2.38. The summed E-state index contributed by atoms with van der Waals surface area (Å²) >= 11 is 1.65. The Balaban J connectivity index is 1.64. The summed E-state index contributed by atoms with van der Waals surface area (Å²) in [5.41, 5.74) is 3.88. The van der Waals surface area contributed by atoms with Crippen molar-refractivity contribution in [3.05, 3.63) is 64.0 Å². The quantitative estimate of drug-likeness (QED) is 0.403. The monoisotopic (exact) mass is 464 g/mol. The number of thiazole rings is 1. The van der Waals surface area contributed by atoms with E-state index in [-0.39, 0.29) is 11.9 Å². The number of benzene rings is 2. The summed E-state index contributed by atoms with van der Waals surface area (Å²) in [6.45, 7) is 6.56. The third kappa shape index (κ3) is 5.09. The van der Waals surface area contributed by atoms with E-state index in [0.717, 1.165) is 41.1 Å². The van der Waals surface area contributed by atoms with Gasteiger partial charge in [0.1, 0.15) is 5.75 Å². The van der Waals surface area contributed by atoms with Gasteiger partial charge in [-0.3, -0.25) is 4.79 Å². The highest BCUT2D eigenvalue weighted by Gasteiger charge is 2.32. The smallest absolute Gasteiger partial charge is 0.338 e. The van der Waals surface area contributed by atoms with Crippen molar-refractivity contribution in [2.45, 2.75) is 52.7 Å². The van der Waals surface area contributed by atoms with Gasteiger partial charge in [0.05, 0.1) is 35.1 Å². The number of carbonyl (C=O) groups excluding carboxylic acids is 2. The Hall–Kier alpha value is -3.19. The number of nitrogens with zero attached hydrogens (tertiary/aromatic N) is 2. The number of aryl methyl sites for hydroxylation is 1. The summed E-state index contributed by atoms with van der Waals surface area (Å²) in [5, 5.41) is 3.16. The lowest BCUT2D eigenvalue weighted by Crippen LogP contribution is -2.44. The minimum Gasteiger partial charge on any atom is -0.479 e. The molecule has 0 fully saturated rings. The van der Waals surface area contributed by atoms with Gasteiger partial charge in [0, 0.05) is 10.9 Å². The van der Waals surface area contributed by atoms with Gasteiger partial charge >= 0.3 is 5.97 Å². The fourth-order valence-corrected chi connectivity index (χ4v) is 4.67. The topological polar surface area (TPSA) is 68.7 Å². The molecule has 2 heterocycles. The van der Waals surface area contributed by atoms with E-state index in [1.807, 2.05) is 37.3 Å². The van der Waals surface area contributed by atoms with Crippen molar-refractivity contribution in [1.82, 2.24) is 4.98 Å². The number of esters is 1. The Morgan fingerprint density at radius 1 is 1.18 bits per heavy atom. The van der Waals surface area contributed by atoms with Gasteiger partial charge in [0.15, 0.2) is 6.10 Å². The molecule has 0 N–H and O–H groups in total. The molecule has 1 aliphatic rings. The van der Waals surface area contributed by atoms with E-state index in [2.05, 4.69) is 12.3 Å². The Bertz CT molecular complexity index is 1160. The highest BCUT2D eigenvalue weighted by molar-refractivity contribution is 7.09. The lowest BCUT2D eigenvalue weighted by molar-refractivity contribution is -0.125. The van der Waals surface area contributed by atoms with E-state index in [1.165, 1.54) is 0 Å². The van der Waals surface area contributed by atoms with Gasteiger partial charge in [0.25, 0.3) is 5.91 Å². The molecule has 1 aromatic heterocycles. The van der Waals surface area contributed by atoms with E-state index < -0.39 is 6.10 Å². The van der Waals surface area contributed by atoms with Crippen LogP contribution in [0.25, 0.3) is 11.3 Å². The fraction of sp³-hybridized carbons (Fsp3) is 0.346. The van der Waals surface area contributed by atoms with Crippen LogP contribution in [0.2, 0.25) is 0 Å². The third-order valence-electron chi connectivity index (χ3n) is 5.42. The maximum absolute atomic E-state index is 13.1. The summed E-state index contributed by atoms with van der Waals surface area (Å²) in [7, 11) is 0. The van der Waals surface area contributed by atoms with E-state index in [9.17, 15) is 9.59 Å². The predicted molar refractivity (Wildman–Crippen MR) is 130 cm³/mol. The molecule has 3 aromatic rings. The van der Waals surface area contributed by atoms with Crippen LogP contribution in [0.4, 0.5) is 5.69 Å². The van der Waals surface area contributed by atoms with Gasteiger partial charge in [-0.05, 0) is 62.1 Å². The molecule has 0 saturated heterocycles. The number of carbonyl (C=O) groups is 2. The zero-order valence-electron chi connectivity index (χ0n) is 19.2. The predicted octanol–water partition coefficient (Wildman–Crippen LogP) is 5.64. The first-order valence-corrected chi connectivity index (χ1v) is 12.2. The summed E-state index contributed by atoms with van der Waals surface area (Å²) < 4.78 is 11.1. The average Bonchev–Trinajstić information content (AvgIpc) is 3.29. The van der Waals surface area contributed by atoms with Crippen LogP contribution in [-0.2, 0) is 22.5 Å². The standard InChI is InChI=1S/C26H28N2O4S/c1-4-7-24-27-21(16-33-24)19-10-11-23-22(14-19)28(25(29)17(3)32-23)15-18-8-6-9-20(13-18)26(30)31-12-5-2/h6,8-11,13-14,16-17H,4-5,7,12,15H2,1-3H3. The first-order chi connectivity index (χ1) is 16.0. The van der Waals surface area contributed by atoms with Crippen molar-refractivity contribution in [2.24, 2.45) is 0 Å². The molecule has 4 rings (SSSR count). The van der Waals surface area contributed by atoms with E-state index in [1.54, 1.807) is 35.3 Å². The first kappa shape index (κ1) is 23.0. The molecule has 1 aliphatic heterocycles. The van der Waals surface area contributed by atoms with Crippen LogP contribution in [0, 0.1) is 0 Å². The fourth-order valence-electron chi connectivity index (χ4n) is 3.76. The summed E-state index contributed by atoms with van der Waals surface area (Å²) in [6, 6.07) is 13.1. The molecule has 172 valence electrons. The molecular formula is C26H28N2O4S. The van der Waals surface area contributed by atoms with Gasteiger partial charge < -0.3 is 14.4 Å². The van der Waals surface area contributed by atoms with E-state index >= 15 is 0 Å². The van der Waals surface area contributed by atoms with Crippen molar-refractivity contribution in [3.8, 4) is 17.0 Å². The normalized spacial score (nSPS) is 15.2. The van der Waals surface area contributed by atoms with Crippen molar-refractivity contribution >= 4 is 28.9 Å². The second-order valence-electron chi connectivity index (χ2n) is 8.08. The Labute approximate surface area is 198 Å². The number of aromatic nitrogens is 1. The Kier molecular flexibility index (Phi) is 7.08.